The number of benzene rings is 2. The first-order chi connectivity index (χ1) is 9.35. The molecular formula is C17H19F2N. The molecular weight excluding hydrogens is 256 g/mol. The summed E-state index contributed by atoms with van der Waals surface area (Å²) in [4.78, 5) is 0. The van der Waals surface area contributed by atoms with Crippen molar-refractivity contribution in [3.05, 3.63) is 70.8 Å². The lowest BCUT2D eigenvalue weighted by Gasteiger charge is -2.33. The van der Waals surface area contributed by atoms with E-state index in [1.807, 2.05) is 44.2 Å². The van der Waals surface area contributed by atoms with E-state index in [4.69, 9.17) is 5.73 Å². The molecule has 0 aromatic heterocycles. The quantitative estimate of drug-likeness (QED) is 0.890. The zero-order chi connectivity index (χ0) is 14.9. The summed E-state index contributed by atoms with van der Waals surface area (Å²) in [5, 5.41) is 0. The first kappa shape index (κ1) is 14.7. The predicted molar refractivity (Wildman–Crippen MR) is 77.5 cm³/mol. The molecule has 0 bridgehead atoms. The third-order valence-electron chi connectivity index (χ3n) is 3.93. The van der Waals surface area contributed by atoms with Gasteiger partial charge in [0.1, 0.15) is 11.6 Å². The first-order valence-electron chi connectivity index (χ1n) is 6.61. The Hall–Kier alpha value is -1.74. The maximum atomic E-state index is 14.2. The van der Waals surface area contributed by atoms with E-state index >= 15 is 0 Å². The van der Waals surface area contributed by atoms with Gasteiger partial charge in [-0.05, 0) is 24.1 Å². The molecule has 1 unspecified atom stereocenters. The fourth-order valence-corrected chi connectivity index (χ4v) is 2.37. The van der Waals surface area contributed by atoms with Crippen LogP contribution in [0.15, 0.2) is 42.5 Å². The molecule has 0 saturated heterocycles. The van der Waals surface area contributed by atoms with E-state index < -0.39 is 23.1 Å². The average Bonchev–Trinajstić information content (AvgIpc) is 2.44. The summed E-state index contributed by atoms with van der Waals surface area (Å²) in [5.74, 6) is -1.15. The second-order valence-corrected chi connectivity index (χ2v) is 5.66. The first-order valence-corrected chi connectivity index (χ1v) is 6.61. The van der Waals surface area contributed by atoms with Crippen LogP contribution in [0, 0.1) is 18.6 Å². The molecule has 2 aromatic carbocycles. The van der Waals surface area contributed by atoms with Crippen molar-refractivity contribution in [1.82, 2.24) is 0 Å². The zero-order valence-corrected chi connectivity index (χ0v) is 12.0. The molecule has 0 aliphatic rings. The summed E-state index contributed by atoms with van der Waals surface area (Å²) in [6, 6.07) is 11.5. The molecule has 0 spiro atoms. The molecule has 2 aromatic rings. The van der Waals surface area contributed by atoms with Crippen molar-refractivity contribution in [2.24, 2.45) is 5.73 Å². The minimum Gasteiger partial charge on any atom is -0.323 e. The largest absolute Gasteiger partial charge is 0.323 e. The number of hydrogen-bond donors (Lipinski definition) is 1. The van der Waals surface area contributed by atoms with E-state index in [2.05, 4.69) is 0 Å². The Labute approximate surface area is 118 Å². The second-order valence-electron chi connectivity index (χ2n) is 5.66. The number of aryl methyl sites for hydroxylation is 1. The van der Waals surface area contributed by atoms with Gasteiger partial charge in [0.2, 0.25) is 0 Å². The van der Waals surface area contributed by atoms with Crippen LogP contribution >= 0.6 is 0 Å². The van der Waals surface area contributed by atoms with Crippen LogP contribution < -0.4 is 5.73 Å². The van der Waals surface area contributed by atoms with Crippen LogP contribution in [-0.2, 0) is 5.41 Å². The second kappa shape index (κ2) is 5.33. The summed E-state index contributed by atoms with van der Waals surface area (Å²) in [6.07, 6.45) is 0. The Kier molecular flexibility index (Phi) is 3.91. The van der Waals surface area contributed by atoms with Gasteiger partial charge in [-0.3, -0.25) is 0 Å². The molecule has 20 heavy (non-hydrogen) atoms. The standard InChI is InChI=1S/C17H19F2N/c1-11-9-10-13(18)14(15(11)19)16(20)17(2,3)12-7-5-4-6-8-12/h4-10,16H,20H2,1-3H3. The lowest BCUT2D eigenvalue weighted by Crippen LogP contribution is -2.34. The highest BCUT2D eigenvalue weighted by Crippen LogP contribution is 2.37. The van der Waals surface area contributed by atoms with E-state index in [1.165, 1.54) is 12.1 Å². The normalized spacial score (nSPS) is 13.3. The molecule has 3 heteroatoms. The Bertz CT molecular complexity index is 606. The predicted octanol–water partition coefficient (Wildman–Crippen LogP) is 4.25. The van der Waals surface area contributed by atoms with Gasteiger partial charge in [0.05, 0.1) is 0 Å². The van der Waals surface area contributed by atoms with Crippen LogP contribution in [0.25, 0.3) is 0 Å². The highest BCUT2D eigenvalue weighted by molar-refractivity contribution is 5.35. The van der Waals surface area contributed by atoms with Gasteiger partial charge in [0.15, 0.2) is 0 Å². The number of halogens is 2. The lowest BCUT2D eigenvalue weighted by molar-refractivity contribution is 0.389. The monoisotopic (exact) mass is 275 g/mol. The van der Waals surface area contributed by atoms with Crippen LogP contribution in [0.4, 0.5) is 8.78 Å². The Morgan fingerprint density at radius 2 is 1.60 bits per heavy atom. The molecule has 0 fully saturated rings. The van der Waals surface area contributed by atoms with Crippen LogP contribution in [0.3, 0.4) is 0 Å². The molecule has 0 amide bonds. The molecule has 0 heterocycles. The van der Waals surface area contributed by atoms with Crippen molar-refractivity contribution in [2.75, 3.05) is 0 Å². The molecule has 2 N–H and O–H groups in total. The van der Waals surface area contributed by atoms with Crippen molar-refractivity contribution in [3.63, 3.8) is 0 Å². The van der Waals surface area contributed by atoms with Crippen molar-refractivity contribution >= 4 is 0 Å². The summed E-state index contributed by atoms with van der Waals surface area (Å²) in [5.41, 5.74) is 6.94. The van der Waals surface area contributed by atoms with Gasteiger partial charge in [0, 0.05) is 17.0 Å². The SMILES string of the molecule is Cc1ccc(F)c(C(N)C(C)(C)c2ccccc2)c1F. The summed E-state index contributed by atoms with van der Waals surface area (Å²) >= 11 is 0. The minimum atomic E-state index is -0.759. The van der Waals surface area contributed by atoms with E-state index in [9.17, 15) is 8.78 Å². The fourth-order valence-electron chi connectivity index (χ4n) is 2.37. The number of rotatable bonds is 3. The number of nitrogens with two attached hydrogens (primary N) is 1. The maximum Gasteiger partial charge on any atom is 0.133 e. The van der Waals surface area contributed by atoms with Gasteiger partial charge in [0.25, 0.3) is 0 Å². The van der Waals surface area contributed by atoms with Crippen molar-refractivity contribution < 1.29 is 8.78 Å². The Morgan fingerprint density at radius 3 is 2.20 bits per heavy atom. The molecule has 1 atom stereocenters. The third-order valence-corrected chi connectivity index (χ3v) is 3.93. The highest BCUT2D eigenvalue weighted by atomic mass is 19.1. The summed E-state index contributed by atoms with van der Waals surface area (Å²) < 4.78 is 28.2. The molecule has 0 saturated carbocycles. The Morgan fingerprint density at radius 1 is 1.00 bits per heavy atom. The van der Waals surface area contributed by atoms with Gasteiger partial charge in [-0.2, -0.15) is 0 Å². The molecule has 0 aliphatic carbocycles. The van der Waals surface area contributed by atoms with E-state index in [1.54, 1.807) is 6.92 Å². The van der Waals surface area contributed by atoms with Crippen LogP contribution in [-0.4, -0.2) is 0 Å². The van der Waals surface area contributed by atoms with Crippen LogP contribution in [0.2, 0.25) is 0 Å². The van der Waals surface area contributed by atoms with Gasteiger partial charge in [-0.1, -0.05) is 50.2 Å². The molecule has 2 rings (SSSR count). The molecule has 106 valence electrons. The molecule has 0 radical (unpaired) electrons. The lowest BCUT2D eigenvalue weighted by atomic mass is 9.75. The van der Waals surface area contributed by atoms with Gasteiger partial charge < -0.3 is 5.73 Å². The zero-order valence-electron chi connectivity index (χ0n) is 12.0. The van der Waals surface area contributed by atoms with Crippen LogP contribution in [0.1, 0.15) is 36.6 Å². The summed E-state index contributed by atoms with van der Waals surface area (Å²) in [7, 11) is 0. The summed E-state index contributed by atoms with van der Waals surface area (Å²) in [6.45, 7) is 5.41. The Balaban J connectivity index is 2.51. The highest BCUT2D eigenvalue weighted by Gasteiger charge is 2.33. The van der Waals surface area contributed by atoms with Gasteiger partial charge in [-0.25, -0.2) is 8.78 Å². The van der Waals surface area contributed by atoms with Crippen molar-refractivity contribution in [3.8, 4) is 0 Å². The number of hydrogen-bond acceptors (Lipinski definition) is 1. The third kappa shape index (κ3) is 2.46. The van der Waals surface area contributed by atoms with Gasteiger partial charge >= 0.3 is 0 Å². The van der Waals surface area contributed by atoms with E-state index in [0.717, 1.165) is 5.56 Å². The van der Waals surface area contributed by atoms with Gasteiger partial charge in [-0.15, -0.1) is 0 Å². The van der Waals surface area contributed by atoms with Crippen molar-refractivity contribution in [2.45, 2.75) is 32.2 Å². The average molecular weight is 275 g/mol. The maximum absolute atomic E-state index is 14.2. The van der Waals surface area contributed by atoms with Crippen molar-refractivity contribution in [1.29, 1.82) is 0 Å². The van der Waals surface area contributed by atoms with E-state index in [-0.39, 0.29) is 5.56 Å². The minimum absolute atomic E-state index is 0.0427. The fraction of sp³-hybridized carbons (Fsp3) is 0.294. The smallest absolute Gasteiger partial charge is 0.133 e. The topological polar surface area (TPSA) is 26.0 Å². The van der Waals surface area contributed by atoms with E-state index in [0.29, 0.717) is 5.56 Å². The molecule has 1 nitrogen and oxygen atoms in total. The molecule has 0 aliphatic heterocycles. The van der Waals surface area contributed by atoms with Crippen LogP contribution in [0.5, 0.6) is 0 Å².